The summed E-state index contributed by atoms with van der Waals surface area (Å²) in [7, 11) is 0. The largest absolute Gasteiger partial charge is 0.505 e. The predicted molar refractivity (Wildman–Crippen MR) is 86.1 cm³/mol. The van der Waals surface area contributed by atoms with E-state index in [1.54, 1.807) is 0 Å². The number of nitrogens with two attached hydrogens (primary N) is 1. The highest BCUT2D eigenvalue weighted by Crippen LogP contribution is 2.32. The van der Waals surface area contributed by atoms with Crippen LogP contribution in [-0.2, 0) is 6.61 Å². The Morgan fingerprint density at radius 2 is 2.00 bits per heavy atom. The molecule has 0 aliphatic rings. The summed E-state index contributed by atoms with van der Waals surface area (Å²) in [6, 6.07) is 2.93. The maximum absolute atomic E-state index is 11.3. The number of hydrogen-bond acceptors (Lipinski definition) is 9. The summed E-state index contributed by atoms with van der Waals surface area (Å²) in [5.41, 5.74) is -1.14. The van der Waals surface area contributed by atoms with Crippen molar-refractivity contribution in [3.8, 4) is 5.75 Å². The van der Waals surface area contributed by atoms with Gasteiger partial charge in [0.1, 0.15) is 11.5 Å². The van der Waals surface area contributed by atoms with E-state index in [0.717, 1.165) is 18.2 Å². The second kappa shape index (κ2) is 6.88. The molecule has 1 aromatic carbocycles. The third-order valence-electron chi connectivity index (χ3n) is 3.49. The predicted octanol–water partition coefficient (Wildman–Crippen LogP) is 1.12. The maximum atomic E-state index is 11.3. The van der Waals surface area contributed by atoms with Crippen LogP contribution < -0.4 is 5.84 Å². The molecule has 0 unspecified atom stereocenters. The van der Waals surface area contributed by atoms with Crippen LogP contribution in [0.25, 0.3) is 0 Å². The van der Waals surface area contributed by atoms with Gasteiger partial charge in [-0.1, -0.05) is 0 Å². The highest BCUT2D eigenvalue weighted by molar-refractivity contribution is 6.17. The SMILES string of the molecule is Cc1ncc(CO)c(/C(=N\N)c2ccc([N+](=O)[O-])cc2[N+](=O)[O-])c1O. The summed E-state index contributed by atoms with van der Waals surface area (Å²) < 4.78 is 0. The Morgan fingerprint density at radius 3 is 2.52 bits per heavy atom. The molecule has 0 saturated carbocycles. The fourth-order valence-electron chi connectivity index (χ4n) is 2.27. The Morgan fingerprint density at radius 1 is 1.32 bits per heavy atom. The first kappa shape index (κ1) is 17.7. The number of non-ortho nitro benzene ring substituents is 1. The van der Waals surface area contributed by atoms with Crippen LogP contribution in [0.4, 0.5) is 11.4 Å². The molecule has 2 aromatic rings. The standard InChI is InChI=1S/C14H13N5O6/c1-7-14(21)12(8(6-20)5-16-7)13(17-15)10-3-2-9(18(22)23)4-11(10)19(24)25/h2-5,20-21H,6,15H2,1H3/b17-13-. The molecule has 1 aromatic heterocycles. The summed E-state index contributed by atoms with van der Waals surface area (Å²) in [5.74, 6) is 5.01. The molecule has 25 heavy (non-hydrogen) atoms. The molecule has 0 atom stereocenters. The number of aryl methyl sites for hydroxylation is 1. The Labute approximate surface area is 140 Å². The zero-order valence-electron chi connectivity index (χ0n) is 12.9. The van der Waals surface area contributed by atoms with Crippen molar-refractivity contribution >= 4 is 17.1 Å². The quantitative estimate of drug-likeness (QED) is 0.311. The lowest BCUT2D eigenvalue weighted by Crippen LogP contribution is -2.13. The van der Waals surface area contributed by atoms with Gasteiger partial charge in [0.2, 0.25) is 0 Å². The van der Waals surface area contributed by atoms with Crippen LogP contribution in [-0.4, -0.2) is 30.8 Å². The van der Waals surface area contributed by atoms with Gasteiger partial charge in [-0.25, -0.2) is 0 Å². The van der Waals surface area contributed by atoms with Crippen molar-refractivity contribution < 1.29 is 20.1 Å². The van der Waals surface area contributed by atoms with Gasteiger partial charge in [-0.3, -0.25) is 25.2 Å². The van der Waals surface area contributed by atoms with Gasteiger partial charge in [-0.15, -0.1) is 0 Å². The van der Waals surface area contributed by atoms with E-state index < -0.39 is 27.8 Å². The topological polar surface area (TPSA) is 178 Å². The number of aromatic nitrogens is 1. The average Bonchev–Trinajstić information content (AvgIpc) is 2.59. The zero-order chi connectivity index (χ0) is 18.7. The number of aromatic hydroxyl groups is 1. The van der Waals surface area contributed by atoms with Crippen molar-refractivity contribution in [2.75, 3.05) is 0 Å². The van der Waals surface area contributed by atoms with E-state index in [1.807, 2.05) is 0 Å². The molecule has 2 rings (SSSR count). The van der Waals surface area contributed by atoms with Crippen molar-refractivity contribution in [1.82, 2.24) is 4.98 Å². The Bertz CT molecular complexity index is 896. The number of nitro benzene ring substituents is 2. The minimum atomic E-state index is -0.822. The Balaban J connectivity index is 2.78. The number of nitrogens with zero attached hydrogens (tertiary/aromatic N) is 4. The smallest absolute Gasteiger partial charge is 0.285 e. The monoisotopic (exact) mass is 347 g/mol. The molecule has 1 heterocycles. The fraction of sp³-hybridized carbons (Fsp3) is 0.143. The average molecular weight is 347 g/mol. The van der Waals surface area contributed by atoms with Gasteiger partial charge in [-0.2, -0.15) is 5.10 Å². The van der Waals surface area contributed by atoms with Gasteiger partial charge in [0.05, 0.1) is 39.3 Å². The van der Waals surface area contributed by atoms with E-state index in [4.69, 9.17) is 5.84 Å². The Kier molecular flexibility index (Phi) is 4.89. The van der Waals surface area contributed by atoms with Crippen LogP contribution in [0.1, 0.15) is 22.4 Å². The van der Waals surface area contributed by atoms with Crippen molar-refractivity contribution in [1.29, 1.82) is 0 Å². The van der Waals surface area contributed by atoms with E-state index in [-0.39, 0.29) is 33.8 Å². The van der Waals surface area contributed by atoms with Crippen LogP contribution in [0.5, 0.6) is 5.75 Å². The summed E-state index contributed by atoms with van der Waals surface area (Å²) >= 11 is 0. The van der Waals surface area contributed by atoms with Gasteiger partial charge in [0.25, 0.3) is 11.4 Å². The van der Waals surface area contributed by atoms with Crippen molar-refractivity contribution in [3.05, 3.63) is 67.0 Å². The lowest BCUT2D eigenvalue weighted by molar-refractivity contribution is -0.394. The van der Waals surface area contributed by atoms with Crippen LogP contribution in [0.15, 0.2) is 29.5 Å². The highest BCUT2D eigenvalue weighted by atomic mass is 16.6. The van der Waals surface area contributed by atoms with Gasteiger partial charge in [-0.05, 0) is 13.0 Å². The molecule has 0 radical (unpaired) electrons. The molecular weight excluding hydrogens is 334 g/mol. The highest BCUT2D eigenvalue weighted by Gasteiger charge is 2.27. The first-order valence-corrected chi connectivity index (χ1v) is 6.81. The maximum Gasteiger partial charge on any atom is 0.285 e. The minimum absolute atomic E-state index is 0.0329. The number of benzene rings is 1. The molecule has 0 aliphatic heterocycles. The normalized spacial score (nSPS) is 11.4. The summed E-state index contributed by atoms with van der Waals surface area (Å²) in [5, 5.41) is 45.4. The third-order valence-corrected chi connectivity index (χ3v) is 3.49. The number of hydrogen-bond donors (Lipinski definition) is 3. The summed E-state index contributed by atoms with van der Waals surface area (Å²) in [4.78, 5) is 24.4. The molecule has 4 N–H and O–H groups in total. The van der Waals surface area contributed by atoms with Gasteiger partial charge >= 0.3 is 0 Å². The second-order valence-corrected chi connectivity index (χ2v) is 4.94. The fourth-order valence-corrected chi connectivity index (χ4v) is 2.27. The van der Waals surface area contributed by atoms with E-state index in [1.165, 1.54) is 13.1 Å². The molecule has 0 amide bonds. The second-order valence-electron chi connectivity index (χ2n) is 4.94. The summed E-state index contributed by atoms with van der Waals surface area (Å²) in [6.45, 7) is 0.953. The lowest BCUT2D eigenvalue weighted by Gasteiger charge is -2.13. The minimum Gasteiger partial charge on any atom is -0.505 e. The first-order valence-electron chi connectivity index (χ1n) is 6.81. The first-order chi connectivity index (χ1) is 11.8. The van der Waals surface area contributed by atoms with Crippen molar-refractivity contribution in [3.63, 3.8) is 0 Å². The van der Waals surface area contributed by atoms with Crippen molar-refractivity contribution in [2.45, 2.75) is 13.5 Å². The Hall–Kier alpha value is -3.60. The van der Waals surface area contributed by atoms with Crippen LogP contribution in [0, 0.1) is 27.2 Å². The van der Waals surface area contributed by atoms with Crippen LogP contribution in [0.2, 0.25) is 0 Å². The molecule has 11 heteroatoms. The van der Waals surface area contributed by atoms with E-state index in [2.05, 4.69) is 10.1 Å². The summed E-state index contributed by atoms with van der Waals surface area (Å²) in [6.07, 6.45) is 1.27. The molecule has 11 nitrogen and oxygen atoms in total. The number of aliphatic hydroxyl groups is 1. The number of pyridine rings is 1. The number of nitro groups is 2. The third kappa shape index (κ3) is 3.21. The molecule has 0 saturated heterocycles. The van der Waals surface area contributed by atoms with Gasteiger partial charge in [0, 0.05) is 17.8 Å². The molecule has 130 valence electrons. The number of aliphatic hydroxyl groups excluding tert-OH is 1. The number of hydrazone groups is 1. The molecule has 0 aliphatic carbocycles. The zero-order valence-corrected chi connectivity index (χ0v) is 12.9. The number of rotatable bonds is 5. The van der Waals surface area contributed by atoms with Crippen molar-refractivity contribution in [2.24, 2.45) is 10.9 Å². The molecule has 0 spiro atoms. The van der Waals surface area contributed by atoms with Crippen LogP contribution >= 0.6 is 0 Å². The van der Waals surface area contributed by atoms with E-state index >= 15 is 0 Å². The molecule has 0 bridgehead atoms. The lowest BCUT2D eigenvalue weighted by atomic mass is 9.96. The van der Waals surface area contributed by atoms with E-state index in [9.17, 15) is 30.4 Å². The molecule has 0 fully saturated rings. The van der Waals surface area contributed by atoms with E-state index in [0.29, 0.717) is 0 Å². The van der Waals surface area contributed by atoms with Gasteiger partial charge in [0.15, 0.2) is 0 Å². The van der Waals surface area contributed by atoms with Crippen LogP contribution in [0.3, 0.4) is 0 Å². The molecular formula is C14H13N5O6. The van der Waals surface area contributed by atoms with Gasteiger partial charge < -0.3 is 16.1 Å².